The number of β-amino-alcohol motifs (C(OH)–C–C–N with tert-alkyl or cyclic N) is 1. The highest BCUT2D eigenvalue weighted by atomic mass is 19.3. The molecular formula is C18H23F2N3O3. The molecule has 1 saturated carbocycles. The van der Waals surface area contributed by atoms with Crippen LogP contribution in [0.25, 0.3) is 0 Å². The number of aliphatic hydroxyl groups excluding tert-OH is 1. The van der Waals surface area contributed by atoms with Gasteiger partial charge in [-0.3, -0.25) is 4.79 Å². The quantitative estimate of drug-likeness (QED) is 0.828. The summed E-state index contributed by atoms with van der Waals surface area (Å²) in [5.41, 5.74) is 0.419. The Balaban J connectivity index is 1.56. The van der Waals surface area contributed by atoms with Gasteiger partial charge in [-0.15, -0.1) is 0 Å². The van der Waals surface area contributed by atoms with E-state index >= 15 is 0 Å². The van der Waals surface area contributed by atoms with E-state index in [4.69, 9.17) is 5.11 Å². The summed E-state index contributed by atoms with van der Waals surface area (Å²) in [5, 5.41) is 18.7. The van der Waals surface area contributed by atoms with E-state index in [-0.39, 0.29) is 24.1 Å². The van der Waals surface area contributed by atoms with Crippen molar-refractivity contribution in [3.05, 3.63) is 17.8 Å². The fraction of sp³-hybridized carbons (Fsp3) is 0.667. The standard InChI is InChI=1S/C18H23F2N3O3/c1-9-14(24)8-23(9)16-4-10(3-15(21-16)18(2,19)20)22-6-12-11(5-17(25)26)13(12)7-22/h3-4,9,11-14,24H,5-8H2,1-2H3,(H,25,26)/t9-,11?,12?,13?,14+/m0/s1. The topological polar surface area (TPSA) is 76.9 Å². The number of carbonyl (C=O) groups is 1. The molecule has 6 nitrogen and oxygen atoms in total. The largest absolute Gasteiger partial charge is 0.481 e. The van der Waals surface area contributed by atoms with Crippen LogP contribution < -0.4 is 9.80 Å². The number of carboxylic acid groups (broad SMARTS) is 1. The van der Waals surface area contributed by atoms with E-state index in [0.29, 0.717) is 43.0 Å². The monoisotopic (exact) mass is 367 g/mol. The van der Waals surface area contributed by atoms with Crippen molar-refractivity contribution in [3.63, 3.8) is 0 Å². The smallest absolute Gasteiger partial charge is 0.303 e. The molecule has 2 N–H and O–H groups in total. The number of pyridine rings is 1. The summed E-state index contributed by atoms with van der Waals surface area (Å²) in [5.74, 6) is -2.50. The van der Waals surface area contributed by atoms with E-state index in [9.17, 15) is 18.7 Å². The molecule has 1 aliphatic carbocycles. The summed E-state index contributed by atoms with van der Waals surface area (Å²) in [6, 6.07) is 3.08. The number of anilines is 2. The van der Waals surface area contributed by atoms with Crippen molar-refractivity contribution in [1.82, 2.24) is 4.98 Å². The highest BCUT2D eigenvalue weighted by molar-refractivity contribution is 5.68. The maximum absolute atomic E-state index is 13.9. The van der Waals surface area contributed by atoms with E-state index in [0.717, 1.165) is 6.92 Å². The fourth-order valence-electron chi connectivity index (χ4n) is 4.31. The lowest BCUT2D eigenvalue weighted by molar-refractivity contribution is -0.137. The van der Waals surface area contributed by atoms with Crippen molar-refractivity contribution in [1.29, 1.82) is 0 Å². The Labute approximate surface area is 150 Å². The Morgan fingerprint density at radius 2 is 1.96 bits per heavy atom. The number of rotatable bonds is 5. The van der Waals surface area contributed by atoms with Crippen LogP contribution in [0.15, 0.2) is 12.1 Å². The molecule has 0 amide bonds. The lowest BCUT2D eigenvalue weighted by atomic mass is 10.0. The van der Waals surface area contributed by atoms with Crippen LogP contribution in [0.3, 0.4) is 0 Å². The number of hydrogen-bond donors (Lipinski definition) is 2. The van der Waals surface area contributed by atoms with Crippen molar-refractivity contribution in [2.24, 2.45) is 17.8 Å². The van der Waals surface area contributed by atoms with Crippen LogP contribution in [0.2, 0.25) is 0 Å². The first kappa shape index (κ1) is 17.5. The van der Waals surface area contributed by atoms with Crippen LogP contribution in [0.4, 0.5) is 20.3 Å². The van der Waals surface area contributed by atoms with E-state index < -0.39 is 18.0 Å². The lowest BCUT2D eigenvalue weighted by Gasteiger charge is -2.44. The number of aromatic nitrogens is 1. The molecule has 2 saturated heterocycles. The third-order valence-corrected chi connectivity index (χ3v) is 6.12. The SMILES string of the molecule is C[C@H]1[C@H](O)CN1c1cc(N2CC3C(CC(=O)O)C3C2)cc(C(C)(F)F)n1. The molecule has 1 aromatic heterocycles. The Kier molecular flexibility index (Phi) is 3.87. The lowest BCUT2D eigenvalue weighted by Crippen LogP contribution is -2.59. The summed E-state index contributed by atoms with van der Waals surface area (Å²) in [7, 11) is 0. The molecule has 3 fully saturated rings. The Bertz CT molecular complexity index is 727. The fourth-order valence-corrected chi connectivity index (χ4v) is 4.31. The summed E-state index contributed by atoms with van der Waals surface area (Å²) >= 11 is 0. The first-order valence-electron chi connectivity index (χ1n) is 8.97. The maximum atomic E-state index is 13.9. The second-order valence-electron chi connectivity index (χ2n) is 7.91. The first-order valence-corrected chi connectivity index (χ1v) is 8.97. The molecule has 8 heteroatoms. The van der Waals surface area contributed by atoms with Crippen LogP contribution in [0, 0.1) is 17.8 Å². The van der Waals surface area contributed by atoms with Crippen molar-refractivity contribution >= 4 is 17.5 Å². The second-order valence-corrected chi connectivity index (χ2v) is 7.91. The van der Waals surface area contributed by atoms with Gasteiger partial charge in [0.05, 0.1) is 12.1 Å². The van der Waals surface area contributed by atoms with Gasteiger partial charge in [0.2, 0.25) is 0 Å². The maximum Gasteiger partial charge on any atom is 0.303 e. The van der Waals surface area contributed by atoms with Gasteiger partial charge in [-0.2, -0.15) is 8.78 Å². The molecule has 1 aromatic rings. The second kappa shape index (κ2) is 5.77. The molecule has 2 unspecified atom stereocenters. The number of halogens is 2. The predicted octanol–water partition coefficient (Wildman–Crippen LogP) is 1.92. The van der Waals surface area contributed by atoms with E-state index in [1.807, 2.05) is 11.8 Å². The average Bonchev–Trinajstić information content (AvgIpc) is 3.00. The van der Waals surface area contributed by atoms with Gasteiger partial charge in [-0.25, -0.2) is 4.98 Å². The Morgan fingerprint density at radius 1 is 1.31 bits per heavy atom. The number of carboxylic acids is 1. The summed E-state index contributed by atoms with van der Waals surface area (Å²) in [6.07, 6.45) is -0.283. The normalized spacial score (nSPS) is 33.0. The number of piperidine rings is 1. The molecule has 4 atom stereocenters. The van der Waals surface area contributed by atoms with E-state index in [2.05, 4.69) is 9.88 Å². The molecule has 3 heterocycles. The van der Waals surface area contributed by atoms with Crippen LogP contribution >= 0.6 is 0 Å². The van der Waals surface area contributed by atoms with Crippen LogP contribution in [-0.4, -0.2) is 52.9 Å². The summed E-state index contributed by atoms with van der Waals surface area (Å²) < 4.78 is 27.9. The minimum absolute atomic E-state index is 0.150. The number of hydrogen-bond acceptors (Lipinski definition) is 5. The molecule has 0 aromatic carbocycles. The molecule has 3 aliphatic rings. The number of aliphatic carboxylic acids is 1. The first-order chi connectivity index (χ1) is 12.1. The van der Waals surface area contributed by atoms with Crippen molar-refractivity contribution < 1.29 is 23.8 Å². The Morgan fingerprint density at radius 3 is 2.46 bits per heavy atom. The van der Waals surface area contributed by atoms with Crippen LogP contribution in [-0.2, 0) is 10.7 Å². The number of fused-ring (bicyclic) bond motifs is 1. The van der Waals surface area contributed by atoms with E-state index in [1.165, 1.54) is 6.07 Å². The molecule has 4 rings (SSSR count). The predicted molar refractivity (Wildman–Crippen MR) is 91.6 cm³/mol. The number of nitrogens with zero attached hydrogens (tertiary/aromatic N) is 3. The zero-order chi connectivity index (χ0) is 18.8. The molecule has 26 heavy (non-hydrogen) atoms. The van der Waals surface area contributed by atoms with Gasteiger partial charge in [0.1, 0.15) is 11.5 Å². The van der Waals surface area contributed by atoms with Gasteiger partial charge in [0, 0.05) is 44.7 Å². The third-order valence-electron chi connectivity index (χ3n) is 6.12. The molecule has 0 bridgehead atoms. The molecular weight excluding hydrogens is 344 g/mol. The molecule has 0 spiro atoms. The van der Waals surface area contributed by atoms with Crippen LogP contribution in [0.5, 0.6) is 0 Å². The minimum atomic E-state index is -3.05. The van der Waals surface area contributed by atoms with Gasteiger partial charge in [0.25, 0.3) is 5.92 Å². The van der Waals surface area contributed by atoms with Crippen molar-refractivity contribution in [2.45, 2.75) is 38.3 Å². The van der Waals surface area contributed by atoms with Crippen molar-refractivity contribution in [3.8, 4) is 0 Å². The van der Waals surface area contributed by atoms with Gasteiger partial charge < -0.3 is 20.0 Å². The van der Waals surface area contributed by atoms with Crippen molar-refractivity contribution in [2.75, 3.05) is 29.4 Å². The molecule has 2 aliphatic heterocycles. The molecule has 0 radical (unpaired) electrons. The highest BCUT2D eigenvalue weighted by Crippen LogP contribution is 2.54. The summed E-state index contributed by atoms with van der Waals surface area (Å²) in [4.78, 5) is 18.9. The number of alkyl halides is 2. The highest BCUT2D eigenvalue weighted by Gasteiger charge is 2.56. The summed E-state index contributed by atoms with van der Waals surface area (Å²) in [6.45, 7) is 4.45. The molecule has 142 valence electrons. The zero-order valence-electron chi connectivity index (χ0n) is 14.8. The van der Waals surface area contributed by atoms with Gasteiger partial charge >= 0.3 is 5.97 Å². The van der Waals surface area contributed by atoms with E-state index in [1.54, 1.807) is 6.07 Å². The third kappa shape index (κ3) is 2.90. The van der Waals surface area contributed by atoms with Crippen LogP contribution in [0.1, 0.15) is 26.0 Å². The average molecular weight is 367 g/mol. The minimum Gasteiger partial charge on any atom is -0.481 e. The Hall–Kier alpha value is -1.96. The van der Waals surface area contributed by atoms with Gasteiger partial charge in [-0.1, -0.05) is 0 Å². The van der Waals surface area contributed by atoms with Gasteiger partial charge in [-0.05, 0) is 30.7 Å². The van der Waals surface area contributed by atoms with Gasteiger partial charge in [0.15, 0.2) is 0 Å². The zero-order valence-corrected chi connectivity index (χ0v) is 14.8. The number of aliphatic hydroxyl groups is 1.